The number of amides is 1. The van der Waals surface area contributed by atoms with E-state index in [1.807, 2.05) is 0 Å². The summed E-state index contributed by atoms with van der Waals surface area (Å²) in [7, 11) is 3.14. The molecule has 3 rings (SSSR count). The molecule has 5 nitrogen and oxygen atoms in total. The predicted molar refractivity (Wildman–Crippen MR) is 93.7 cm³/mol. The molecule has 2 fully saturated rings. The lowest BCUT2D eigenvalue weighted by molar-refractivity contribution is 0.0953. The van der Waals surface area contributed by atoms with Gasteiger partial charge in [-0.3, -0.25) is 4.79 Å². The predicted octanol–water partition coefficient (Wildman–Crippen LogP) is 3.78. The van der Waals surface area contributed by atoms with Gasteiger partial charge in [0.15, 0.2) is 0 Å². The topological polar surface area (TPSA) is 59.9 Å². The van der Waals surface area contributed by atoms with Gasteiger partial charge in [-0.1, -0.05) is 19.3 Å². The Labute approximate surface area is 143 Å². The first-order valence-electron chi connectivity index (χ1n) is 8.78. The van der Waals surface area contributed by atoms with E-state index in [2.05, 4.69) is 10.5 Å². The minimum absolute atomic E-state index is 0.231. The highest BCUT2D eigenvalue weighted by Crippen LogP contribution is 2.39. The van der Waals surface area contributed by atoms with E-state index in [-0.39, 0.29) is 5.91 Å². The summed E-state index contributed by atoms with van der Waals surface area (Å²) in [6.45, 7) is 0. The molecule has 5 heteroatoms. The molecule has 1 N–H and O–H groups in total. The van der Waals surface area contributed by atoms with E-state index in [4.69, 9.17) is 9.47 Å². The van der Waals surface area contributed by atoms with Crippen LogP contribution in [0.1, 0.15) is 55.3 Å². The Morgan fingerprint density at radius 2 is 1.71 bits per heavy atom. The summed E-state index contributed by atoms with van der Waals surface area (Å²) < 4.78 is 10.4. The number of benzene rings is 1. The fourth-order valence-corrected chi connectivity index (χ4v) is 3.92. The summed E-state index contributed by atoms with van der Waals surface area (Å²) >= 11 is 0. The van der Waals surface area contributed by atoms with Crippen molar-refractivity contribution in [2.75, 3.05) is 14.2 Å². The van der Waals surface area contributed by atoms with Crippen LogP contribution >= 0.6 is 0 Å². The van der Waals surface area contributed by atoms with Gasteiger partial charge in [0.05, 0.1) is 14.2 Å². The highest BCUT2D eigenvalue weighted by atomic mass is 16.5. The third-order valence-corrected chi connectivity index (χ3v) is 5.30. The smallest absolute Gasteiger partial charge is 0.271 e. The van der Waals surface area contributed by atoms with Gasteiger partial charge in [-0.2, -0.15) is 5.10 Å². The van der Waals surface area contributed by atoms with Gasteiger partial charge < -0.3 is 9.47 Å². The van der Waals surface area contributed by atoms with Crippen molar-refractivity contribution < 1.29 is 14.3 Å². The summed E-state index contributed by atoms with van der Waals surface area (Å²) in [4.78, 5) is 12.4. The van der Waals surface area contributed by atoms with Crippen LogP contribution in [0.4, 0.5) is 0 Å². The molecule has 2 atom stereocenters. The van der Waals surface area contributed by atoms with Crippen LogP contribution in [0.15, 0.2) is 23.3 Å². The second-order valence-electron chi connectivity index (χ2n) is 6.77. The number of hydrazone groups is 1. The van der Waals surface area contributed by atoms with Crippen molar-refractivity contribution in [2.24, 2.45) is 16.9 Å². The van der Waals surface area contributed by atoms with Crippen LogP contribution in [0.3, 0.4) is 0 Å². The molecule has 24 heavy (non-hydrogen) atoms. The van der Waals surface area contributed by atoms with Crippen LogP contribution in [0.2, 0.25) is 0 Å². The molecular formula is C19H26N2O3. The van der Waals surface area contributed by atoms with E-state index in [1.165, 1.54) is 32.1 Å². The number of fused-ring (bicyclic) bond motifs is 1. The molecule has 0 bridgehead atoms. The SMILES string of the molecule is COc1cc(OC)cc(C(=O)N/N=C2/CC[C@H]3CCCC[C@H]3C2)c1. The summed E-state index contributed by atoms with van der Waals surface area (Å²) in [5, 5.41) is 4.40. The molecule has 1 aromatic carbocycles. The van der Waals surface area contributed by atoms with E-state index in [1.54, 1.807) is 32.4 Å². The molecular weight excluding hydrogens is 304 g/mol. The van der Waals surface area contributed by atoms with Crippen molar-refractivity contribution >= 4 is 11.6 Å². The highest BCUT2D eigenvalue weighted by molar-refractivity contribution is 5.96. The van der Waals surface area contributed by atoms with Crippen LogP contribution in [-0.2, 0) is 0 Å². The zero-order valence-corrected chi connectivity index (χ0v) is 14.5. The van der Waals surface area contributed by atoms with Crippen LogP contribution in [0, 0.1) is 11.8 Å². The van der Waals surface area contributed by atoms with Crippen LogP contribution in [-0.4, -0.2) is 25.8 Å². The van der Waals surface area contributed by atoms with Gasteiger partial charge in [0.25, 0.3) is 5.91 Å². The maximum atomic E-state index is 12.4. The molecule has 2 aliphatic carbocycles. The minimum atomic E-state index is -0.231. The number of methoxy groups -OCH3 is 2. The van der Waals surface area contributed by atoms with Crippen molar-refractivity contribution in [3.05, 3.63) is 23.8 Å². The number of nitrogens with one attached hydrogen (secondary N) is 1. The van der Waals surface area contributed by atoms with Crippen molar-refractivity contribution in [1.29, 1.82) is 0 Å². The maximum absolute atomic E-state index is 12.4. The first-order chi connectivity index (χ1) is 11.7. The fraction of sp³-hybridized carbons (Fsp3) is 0.579. The van der Waals surface area contributed by atoms with Crippen LogP contribution in [0.5, 0.6) is 11.5 Å². The van der Waals surface area contributed by atoms with E-state index in [0.29, 0.717) is 17.1 Å². The molecule has 0 heterocycles. The monoisotopic (exact) mass is 330 g/mol. The lowest BCUT2D eigenvalue weighted by Gasteiger charge is -2.35. The van der Waals surface area contributed by atoms with Gasteiger partial charge >= 0.3 is 0 Å². The molecule has 0 aliphatic heterocycles. The van der Waals surface area contributed by atoms with Crippen molar-refractivity contribution in [1.82, 2.24) is 5.43 Å². The molecule has 0 spiro atoms. The van der Waals surface area contributed by atoms with Gasteiger partial charge in [-0.25, -0.2) is 5.43 Å². The molecule has 2 aliphatic rings. The normalized spacial score (nSPS) is 25.0. The van der Waals surface area contributed by atoms with Gasteiger partial charge in [-0.05, 0) is 49.7 Å². The van der Waals surface area contributed by atoms with Gasteiger partial charge in [0.1, 0.15) is 11.5 Å². The van der Waals surface area contributed by atoms with Crippen molar-refractivity contribution in [3.63, 3.8) is 0 Å². The van der Waals surface area contributed by atoms with Crippen molar-refractivity contribution in [2.45, 2.75) is 44.9 Å². The molecule has 1 amide bonds. The fourth-order valence-electron chi connectivity index (χ4n) is 3.92. The summed E-state index contributed by atoms with van der Waals surface area (Å²) in [5.41, 5.74) is 4.32. The number of ether oxygens (including phenoxy) is 2. The Balaban J connectivity index is 1.64. The third-order valence-electron chi connectivity index (χ3n) is 5.30. The summed E-state index contributed by atoms with van der Waals surface area (Å²) in [6.07, 6.45) is 8.65. The Kier molecular flexibility index (Phi) is 5.38. The van der Waals surface area contributed by atoms with Gasteiger partial charge in [0.2, 0.25) is 0 Å². The first-order valence-corrected chi connectivity index (χ1v) is 8.78. The average molecular weight is 330 g/mol. The zero-order valence-electron chi connectivity index (χ0n) is 14.5. The van der Waals surface area contributed by atoms with E-state index < -0.39 is 0 Å². The molecule has 0 radical (unpaired) electrons. The number of rotatable bonds is 4. The third kappa shape index (κ3) is 3.89. The molecule has 2 saturated carbocycles. The number of carbonyl (C=O) groups is 1. The quantitative estimate of drug-likeness (QED) is 0.855. The summed E-state index contributed by atoms with van der Waals surface area (Å²) in [5.74, 6) is 2.59. The molecule has 0 unspecified atom stereocenters. The second-order valence-corrected chi connectivity index (χ2v) is 6.77. The Bertz CT molecular complexity index is 605. The van der Waals surface area contributed by atoms with E-state index in [0.717, 1.165) is 30.4 Å². The highest BCUT2D eigenvalue weighted by Gasteiger charge is 2.30. The molecule has 0 aromatic heterocycles. The van der Waals surface area contributed by atoms with E-state index in [9.17, 15) is 4.79 Å². The zero-order chi connectivity index (χ0) is 16.9. The first kappa shape index (κ1) is 16.8. The number of hydrogen-bond donors (Lipinski definition) is 1. The van der Waals surface area contributed by atoms with Gasteiger partial charge in [-0.15, -0.1) is 0 Å². The van der Waals surface area contributed by atoms with Crippen LogP contribution in [0.25, 0.3) is 0 Å². The van der Waals surface area contributed by atoms with Gasteiger partial charge in [0, 0.05) is 17.3 Å². The molecule has 1 aromatic rings. The number of carbonyl (C=O) groups excluding carboxylic acids is 1. The summed E-state index contributed by atoms with van der Waals surface area (Å²) in [6, 6.07) is 5.12. The second kappa shape index (κ2) is 7.69. The molecule has 0 saturated heterocycles. The number of nitrogens with zero attached hydrogens (tertiary/aromatic N) is 1. The Morgan fingerprint density at radius 3 is 2.38 bits per heavy atom. The standard InChI is InChI=1S/C19H26N2O3/c1-23-17-10-15(11-18(12-17)24-2)19(22)21-20-16-8-7-13-5-3-4-6-14(13)9-16/h10-14H,3-9H2,1-2H3,(H,21,22)/b20-16-/t13-,14+/m1/s1. The lowest BCUT2D eigenvalue weighted by Crippen LogP contribution is -2.29. The maximum Gasteiger partial charge on any atom is 0.271 e. The average Bonchev–Trinajstić information content (AvgIpc) is 2.65. The lowest BCUT2D eigenvalue weighted by atomic mass is 9.70. The molecule has 130 valence electrons. The minimum Gasteiger partial charge on any atom is -0.497 e. The Hall–Kier alpha value is -2.04. The van der Waals surface area contributed by atoms with E-state index >= 15 is 0 Å². The Morgan fingerprint density at radius 1 is 1.04 bits per heavy atom. The largest absolute Gasteiger partial charge is 0.497 e. The number of hydrogen-bond acceptors (Lipinski definition) is 4. The van der Waals surface area contributed by atoms with Crippen LogP contribution < -0.4 is 14.9 Å². The van der Waals surface area contributed by atoms with Crippen molar-refractivity contribution in [3.8, 4) is 11.5 Å².